The average Bonchev–Trinajstić information content (AvgIpc) is 3.57. The summed E-state index contributed by atoms with van der Waals surface area (Å²) in [6.45, 7) is 3.29. The van der Waals surface area contributed by atoms with Crippen LogP contribution in [0.15, 0.2) is 48.8 Å². The van der Waals surface area contributed by atoms with Gasteiger partial charge in [0.05, 0.1) is 33.3 Å². The molecular formula is C30H37N6O10P. The fourth-order valence-electron chi connectivity index (χ4n) is 5.61. The van der Waals surface area contributed by atoms with E-state index >= 15 is 0 Å². The van der Waals surface area contributed by atoms with E-state index in [1.807, 2.05) is 18.2 Å². The van der Waals surface area contributed by atoms with Crippen LogP contribution in [-0.4, -0.2) is 92.6 Å². The molecule has 0 spiro atoms. The van der Waals surface area contributed by atoms with E-state index < -0.39 is 50.4 Å². The predicted molar refractivity (Wildman–Crippen MR) is 167 cm³/mol. The van der Waals surface area contributed by atoms with Crippen molar-refractivity contribution < 1.29 is 47.6 Å². The topological polar surface area (TPSA) is 212 Å². The van der Waals surface area contributed by atoms with Gasteiger partial charge in [0, 0.05) is 18.2 Å². The highest BCUT2D eigenvalue weighted by atomic mass is 31.2. The van der Waals surface area contributed by atoms with Crippen molar-refractivity contribution in [3.8, 4) is 11.6 Å². The molecule has 0 aliphatic carbocycles. The zero-order chi connectivity index (χ0) is 33.3. The number of hydrogen-bond acceptors (Lipinski definition) is 14. The number of nitrogens with zero attached hydrogens (tertiary/aromatic N) is 4. The first-order valence-electron chi connectivity index (χ1n) is 15.1. The highest BCUT2D eigenvalue weighted by Gasteiger charge is 2.54. The van der Waals surface area contributed by atoms with Gasteiger partial charge in [0.15, 0.2) is 17.4 Å². The number of nitrogen functional groups attached to an aromatic ring is 1. The number of rotatable bonds is 11. The summed E-state index contributed by atoms with van der Waals surface area (Å²) in [5.74, 6) is -0.397. The van der Waals surface area contributed by atoms with Gasteiger partial charge in [-0.25, -0.2) is 9.55 Å². The first-order valence-corrected chi connectivity index (χ1v) is 16.6. The van der Waals surface area contributed by atoms with Crippen molar-refractivity contribution >= 4 is 41.6 Å². The molecule has 2 aromatic carbocycles. The van der Waals surface area contributed by atoms with Crippen LogP contribution in [0, 0.1) is 0 Å². The molecule has 0 amide bonds. The molecule has 4 heterocycles. The van der Waals surface area contributed by atoms with E-state index in [0.29, 0.717) is 31.4 Å². The van der Waals surface area contributed by atoms with Gasteiger partial charge in [-0.15, -0.1) is 0 Å². The second kappa shape index (κ2) is 13.3. The van der Waals surface area contributed by atoms with Gasteiger partial charge in [-0.05, 0) is 25.3 Å². The number of esters is 1. The maximum Gasteiger partial charge on any atom is 0.459 e. The number of fused-ring (bicyclic) bond motifs is 2. The largest absolute Gasteiger partial charge is 0.479 e. The molecule has 252 valence electrons. The van der Waals surface area contributed by atoms with Gasteiger partial charge in [-0.3, -0.25) is 13.9 Å². The lowest BCUT2D eigenvalue weighted by atomic mass is 9.96. The Kier molecular flexibility index (Phi) is 9.36. The molecule has 5 N–H and O–H groups in total. The molecule has 2 fully saturated rings. The third-order valence-corrected chi connectivity index (χ3v) is 9.77. The number of ether oxygens (including phenoxy) is 4. The second-order valence-corrected chi connectivity index (χ2v) is 13.3. The molecule has 2 aliphatic heterocycles. The van der Waals surface area contributed by atoms with Crippen LogP contribution in [0.3, 0.4) is 0 Å². The summed E-state index contributed by atoms with van der Waals surface area (Å²) in [5.41, 5.74) is 4.40. The molecule has 2 unspecified atom stereocenters. The van der Waals surface area contributed by atoms with Gasteiger partial charge in [-0.2, -0.15) is 15.1 Å². The lowest BCUT2D eigenvalue weighted by Gasteiger charge is -2.28. The summed E-state index contributed by atoms with van der Waals surface area (Å²) in [5, 5.41) is 26.8. The van der Waals surface area contributed by atoms with E-state index in [2.05, 4.69) is 20.0 Å². The number of aromatic nitrogens is 4. The Balaban J connectivity index is 1.24. The monoisotopic (exact) mass is 672 g/mol. The highest BCUT2D eigenvalue weighted by molar-refractivity contribution is 7.52. The van der Waals surface area contributed by atoms with E-state index in [1.165, 1.54) is 31.9 Å². The normalized spacial score (nSPS) is 25.4. The van der Waals surface area contributed by atoms with Crippen LogP contribution >= 0.6 is 7.75 Å². The van der Waals surface area contributed by atoms with Crippen LogP contribution in [0.5, 0.6) is 11.6 Å². The van der Waals surface area contributed by atoms with Crippen LogP contribution < -0.4 is 20.1 Å². The third-order valence-electron chi connectivity index (χ3n) is 8.14. The van der Waals surface area contributed by atoms with E-state index in [-0.39, 0.29) is 34.8 Å². The minimum absolute atomic E-state index is 0.101. The van der Waals surface area contributed by atoms with Gasteiger partial charge in [0.1, 0.15) is 35.7 Å². The number of imidazole rings is 1. The van der Waals surface area contributed by atoms with Gasteiger partial charge >= 0.3 is 13.7 Å². The van der Waals surface area contributed by atoms with Crippen molar-refractivity contribution in [2.75, 3.05) is 32.7 Å². The molecule has 17 heteroatoms. The Morgan fingerprint density at radius 1 is 1.21 bits per heavy atom. The van der Waals surface area contributed by atoms with Crippen LogP contribution in [0.2, 0.25) is 0 Å². The smallest absolute Gasteiger partial charge is 0.459 e. The van der Waals surface area contributed by atoms with Crippen LogP contribution in [0.1, 0.15) is 32.9 Å². The number of methoxy groups -OCH3 is 1. The summed E-state index contributed by atoms with van der Waals surface area (Å²) >= 11 is 0. The van der Waals surface area contributed by atoms with Crippen molar-refractivity contribution in [1.82, 2.24) is 24.6 Å². The number of nitrogens with one attached hydrogen (secondary N) is 1. The molecule has 16 nitrogen and oxygen atoms in total. The zero-order valence-corrected chi connectivity index (χ0v) is 26.9. The molecule has 0 bridgehead atoms. The molecule has 4 aromatic rings. The number of anilines is 1. The van der Waals surface area contributed by atoms with Crippen LogP contribution in [0.4, 0.5) is 5.95 Å². The average molecular weight is 673 g/mol. The number of benzene rings is 2. The Morgan fingerprint density at radius 2 is 1.96 bits per heavy atom. The van der Waals surface area contributed by atoms with Crippen molar-refractivity contribution in [2.24, 2.45) is 0 Å². The first-order chi connectivity index (χ1) is 22.5. The lowest BCUT2D eigenvalue weighted by Crippen LogP contribution is -2.44. The summed E-state index contributed by atoms with van der Waals surface area (Å²) in [6, 6.07) is 11.4. The molecule has 2 aliphatic rings. The predicted octanol–water partition coefficient (Wildman–Crippen LogP) is 2.48. The van der Waals surface area contributed by atoms with E-state index in [9.17, 15) is 19.6 Å². The van der Waals surface area contributed by atoms with E-state index in [1.54, 1.807) is 24.3 Å². The fraction of sp³-hybridized carbons (Fsp3) is 0.467. The number of hydrogen-bond donors (Lipinski definition) is 4. The van der Waals surface area contributed by atoms with Crippen LogP contribution in [0.25, 0.3) is 21.9 Å². The molecule has 6 atom stereocenters. The third kappa shape index (κ3) is 6.76. The van der Waals surface area contributed by atoms with Gasteiger partial charge < -0.3 is 39.4 Å². The van der Waals surface area contributed by atoms with E-state index in [4.69, 9.17) is 33.7 Å². The Labute approximate surface area is 269 Å². The Bertz CT molecular complexity index is 1790. The number of nitrogens with two attached hydrogens (primary N) is 1. The number of aliphatic hydroxyl groups excluding tert-OH is 1. The molecule has 2 aromatic heterocycles. The highest BCUT2D eigenvalue weighted by Crippen LogP contribution is 2.48. The number of carbonyl (C=O) groups excluding carboxylic acids is 1. The molecule has 0 saturated carbocycles. The SMILES string of the molecule is COc1nc(N)nc2c1ncn2C1O[C@H](COP(=O)(N[C@@H](C)C(=O)OC2CCOCC2)Oc2cccc3ccccc23)[C@@H](O)[C@@]1(C)O. The maximum atomic E-state index is 14.4. The standard InChI is InChI=1S/C30H37N6O10P/c1-17(27(38)44-19-11-13-42-14-12-19)35-47(40,46-21-10-6-8-18-7-4-5-9-20(18)21)43-15-22-24(37)30(2,39)28(45-22)36-16-32-23-25(36)33-29(31)34-26(23)41-3/h4-10,16-17,19,22,24,28,37,39H,11-15H2,1-3H3,(H,35,40)(H2,31,33,34)/t17-,22+,24+,28?,30+,47?/m0/s1. The summed E-state index contributed by atoms with van der Waals surface area (Å²) < 4.78 is 49.9. The molecule has 0 radical (unpaired) electrons. The lowest BCUT2D eigenvalue weighted by molar-refractivity contribution is -0.154. The van der Waals surface area contributed by atoms with Crippen LogP contribution in [-0.2, 0) is 28.1 Å². The second-order valence-electron chi connectivity index (χ2n) is 11.6. The van der Waals surface area contributed by atoms with Crippen molar-refractivity contribution in [3.63, 3.8) is 0 Å². The Morgan fingerprint density at radius 3 is 2.72 bits per heavy atom. The number of aliphatic hydroxyl groups is 2. The number of carbonyl (C=O) groups is 1. The van der Waals surface area contributed by atoms with Gasteiger partial charge in [0.25, 0.3) is 0 Å². The summed E-state index contributed by atoms with van der Waals surface area (Å²) in [6.07, 6.45) is -1.87. The minimum atomic E-state index is -4.39. The van der Waals surface area contributed by atoms with Gasteiger partial charge in [0.2, 0.25) is 11.8 Å². The maximum absolute atomic E-state index is 14.4. The quantitative estimate of drug-likeness (QED) is 0.133. The van der Waals surface area contributed by atoms with Gasteiger partial charge in [-0.1, -0.05) is 36.4 Å². The summed E-state index contributed by atoms with van der Waals surface area (Å²) in [4.78, 5) is 25.5. The molecular weight excluding hydrogens is 635 g/mol. The van der Waals surface area contributed by atoms with Crippen molar-refractivity contribution in [1.29, 1.82) is 0 Å². The molecule has 47 heavy (non-hydrogen) atoms. The fourth-order valence-corrected chi connectivity index (χ4v) is 7.14. The van der Waals surface area contributed by atoms with E-state index in [0.717, 1.165) is 5.39 Å². The van der Waals surface area contributed by atoms with Crippen molar-refractivity contribution in [3.05, 3.63) is 48.8 Å². The molecule has 2 saturated heterocycles. The first kappa shape index (κ1) is 33.0. The summed E-state index contributed by atoms with van der Waals surface area (Å²) in [7, 11) is -2.99. The Hall–Kier alpha value is -3.89. The van der Waals surface area contributed by atoms with Crippen molar-refractivity contribution in [2.45, 2.75) is 62.9 Å². The minimum Gasteiger partial charge on any atom is -0.479 e. The molecule has 6 rings (SSSR count). The zero-order valence-electron chi connectivity index (χ0n) is 26.0.